The predicted octanol–water partition coefficient (Wildman–Crippen LogP) is 4.51. The van der Waals surface area contributed by atoms with E-state index >= 15 is 0 Å². The fourth-order valence-corrected chi connectivity index (χ4v) is 4.84. The predicted molar refractivity (Wildman–Crippen MR) is 121 cm³/mol. The summed E-state index contributed by atoms with van der Waals surface area (Å²) in [6.07, 6.45) is 0.729. The molecule has 0 saturated carbocycles. The van der Waals surface area contributed by atoms with Gasteiger partial charge in [-0.3, -0.25) is 9.59 Å². The Hall–Kier alpha value is -3.32. The zero-order valence-corrected chi connectivity index (χ0v) is 18.5. The van der Waals surface area contributed by atoms with Crippen LogP contribution >= 0.6 is 11.3 Å². The first kappa shape index (κ1) is 20.9. The van der Waals surface area contributed by atoms with Gasteiger partial charge in [0.25, 0.3) is 5.91 Å². The first-order valence-corrected chi connectivity index (χ1v) is 10.9. The number of rotatable bonds is 5. The molecule has 0 aliphatic carbocycles. The average molecular weight is 437 g/mol. The SMILES string of the molecule is COc1cc2c(cc1OC)C(c1cccs1)N(C(=O)c1ccc(NC(C)=O)cc1)CC2. The summed E-state index contributed by atoms with van der Waals surface area (Å²) in [5, 5.41) is 4.75. The summed E-state index contributed by atoms with van der Waals surface area (Å²) in [5.41, 5.74) is 3.45. The van der Waals surface area contributed by atoms with Gasteiger partial charge in [-0.05, 0) is 65.4 Å². The molecule has 1 unspecified atom stereocenters. The lowest BCUT2D eigenvalue weighted by Crippen LogP contribution is -2.40. The second kappa shape index (κ2) is 8.81. The summed E-state index contributed by atoms with van der Waals surface area (Å²) in [6, 6.07) is 14.9. The number of hydrogen-bond donors (Lipinski definition) is 1. The van der Waals surface area contributed by atoms with Crippen LogP contribution in [0.15, 0.2) is 53.9 Å². The van der Waals surface area contributed by atoms with Crippen LogP contribution in [0.3, 0.4) is 0 Å². The molecule has 0 fully saturated rings. The molecule has 1 atom stereocenters. The third-order valence-corrected chi connectivity index (χ3v) is 6.32. The summed E-state index contributed by atoms with van der Waals surface area (Å²) in [6.45, 7) is 2.05. The highest BCUT2D eigenvalue weighted by molar-refractivity contribution is 7.10. The van der Waals surface area contributed by atoms with Gasteiger partial charge in [0.15, 0.2) is 11.5 Å². The van der Waals surface area contributed by atoms with Crippen molar-refractivity contribution in [3.05, 3.63) is 75.5 Å². The first-order valence-electron chi connectivity index (χ1n) is 9.98. The molecule has 31 heavy (non-hydrogen) atoms. The van der Waals surface area contributed by atoms with Crippen molar-refractivity contribution in [3.63, 3.8) is 0 Å². The van der Waals surface area contributed by atoms with E-state index in [1.807, 2.05) is 28.5 Å². The van der Waals surface area contributed by atoms with Crippen LogP contribution in [0.1, 0.15) is 39.3 Å². The maximum atomic E-state index is 13.5. The number of carbonyl (C=O) groups excluding carboxylic acids is 2. The molecule has 160 valence electrons. The van der Waals surface area contributed by atoms with Crippen LogP contribution in [-0.2, 0) is 11.2 Å². The van der Waals surface area contributed by atoms with Crippen LogP contribution < -0.4 is 14.8 Å². The topological polar surface area (TPSA) is 67.9 Å². The summed E-state index contributed by atoms with van der Waals surface area (Å²) in [4.78, 5) is 27.8. The normalized spacial score (nSPS) is 15.2. The van der Waals surface area contributed by atoms with Crippen LogP contribution in [0.4, 0.5) is 5.69 Å². The Morgan fingerprint density at radius 3 is 2.39 bits per heavy atom. The lowest BCUT2D eigenvalue weighted by atomic mass is 9.90. The molecule has 0 spiro atoms. The number of methoxy groups -OCH3 is 2. The number of nitrogens with zero attached hydrogens (tertiary/aromatic N) is 1. The summed E-state index contributed by atoms with van der Waals surface area (Å²) in [5.74, 6) is 1.15. The van der Waals surface area contributed by atoms with Crippen molar-refractivity contribution >= 4 is 28.8 Å². The van der Waals surface area contributed by atoms with Gasteiger partial charge in [-0.15, -0.1) is 11.3 Å². The maximum Gasteiger partial charge on any atom is 0.254 e. The number of anilines is 1. The second-order valence-corrected chi connectivity index (χ2v) is 8.31. The van der Waals surface area contributed by atoms with Crippen molar-refractivity contribution in [2.45, 2.75) is 19.4 Å². The summed E-state index contributed by atoms with van der Waals surface area (Å²) in [7, 11) is 3.25. The van der Waals surface area contributed by atoms with Crippen molar-refractivity contribution in [3.8, 4) is 11.5 Å². The van der Waals surface area contributed by atoms with E-state index in [1.54, 1.807) is 49.8 Å². The molecule has 0 radical (unpaired) electrons. The molecule has 0 saturated heterocycles. The Balaban J connectivity index is 1.73. The number of benzene rings is 2. The summed E-state index contributed by atoms with van der Waals surface area (Å²) < 4.78 is 11.0. The Bertz CT molecular complexity index is 1090. The standard InChI is InChI=1S/C24H24N2O4S/c1-15(27)25-18-8-6-16(7-9-18)24(28)26-11-10-17-13-20(29-2)21(30-3)14-19(17)23(26)22-5-4-12-31-22/h4-9,12-14,23H,10-11H2,1-3H3,(H,25,27). The molecule has 1 N–H and O–H groups in total. The molecule has 1 aliphatic heterocycles. The van der Waals surface area contributed by atoms with Crippen LogP contribution in [0.25, 0.3) is 0 Å². The Morgan fingerprint density at radius 1 is 1.06 bits per heavy atom. The van der Waals surface area contributed by atoms with Crippen LogP contribution in [-0.4, -0.2) is 37.5 Å². The Labute approximate surface area is 185 Å². The van der Waals surface area contributed by atoms with Gasteiger partial charge in [-0.1, -0.05) is 6.07 Å². The molecule has 2 heterocycles. The highest BCUT2D eigenvalue weighted by Crippen LogP contribution is 2.42. The minimum absolute atomic E-state index is 0.0480. The van der Waals surface area contributed by atoms with E-state index in [1.165, 1.54) is 6.92 Å². The molecule has 2 amide bonds. The van der Waals surface area contributed by atoms with E-state index in [0.717, 1.165) is 22.4 Å². The zero-order valence-electron chi connectivity index (χ0n) is 17.7. The number of hydrogen-bond acceptors (Lipinski definition) is 5. The van der Waals surface area contributed by atoms with Crippen molar-refractivity contribution in [1.29, 1.82) is 0 Å². The largest absolute Gasteiger partial charge is 0.493 e. The fourth-order valence-electron chi connectivity index (χ4n) is 3.98. The maximum absolute atomic E-state index is 13.5. The molecule has 1 aliphatic rings. The van der Waals surface area contributed by atoms with Gasteiger partial charge < -0.3 is 19.7 Å². The van der Waals surface area contributed by atoms with Crippen LogP contribution in [0, 0.1) is 0 Å². The Morgan fingerprint density at radius 2 is 1.77 bits per heavy atom. The Kier molecular flexibility index (Phi) is 5.95. The molecule has 7 heteroatoms. The zero-order chi connectivity index (χ0) is 22.0. The quantitative estimate of drug-likeness (QED) is 0.639. The van der Waals surface area contributed by atoms with Crippen molar-refractivity contribution in [2.75, 3.05) is 26.1 Å². The highest BCUT2D eigenvalue weighted by atomic mass is 32.1. The van der Waals surface area contributed by atoms with Gasteiger partial charge in [-0.2, -0.15) is 0 Å². The number of amides is 2. The van der Waals surface area contributed by atoms with Crippen molar-refractivity contribution in [1.82, 2.24) is 4.90 Å². The average Bonchev–Trinajstić information content (AvgIpc) is 3.31. The van der Waals surface area contributed by atoms with E-state index < -0.39 is 0 Å². The lowest BCUT2D eigenvalue weighted by Gasteiger charge is -2.37. The third kappa shape index (κ3) is 4.14. The number of fused-ring (bicyclic) bond motifs is 1. The van der Waals surface area contributed by atoms with Gasteiger partial charge in [0.1, 0.15) is 0 Å². The number of ether oxygens (including phenoxy) is 2. The first-order chi connectivity index (χ1) is 15.0. The molecule has 4 rings (SSSR count). The number of carbonyl (C=O) groups is 2. The highest BCUT2D eigenvalue weighted by Gasteiger charge is 2.34. The fraction of sp³-hybridized carbons (Fsp3) is 0.250. The van der Waals surface area contributed by atoms with E-state index in [0.29, 0.717) is 29.3 Å². The third-order valence-electron chi connectivity index (χ3n) is 5.40. The molecular weight excluding hydrogens is 412 g/mol. The van der Waals surface area contributed by atoms with E-state index in [2.05, 4.69) is 11.4 Å². The van der Waals surface area contributed by atoms with Gasteiger partial charge in [0.05, 0.1) is 20.3 Å². The molecule has 1 aromatic heterocycles. The van der Waals surface area contributed by atoms with Crippen LogP contribution in [0.5, 0.6) is 11.5 Å². The second-order valence-electron chi connectivity index (χ2n) is 7.33. The van der Waals surface area contributed by atoms with E-state index in [9.17, 15) is 9.59 Å². The van der Waals surface area contributed by atoms with Gasteiger partial charge in [0, 0.05) is 29.6 Å². The van der Waals surface area contributed by atoms with Crippen LogP contribution in [0.2, 0.25) is 0 Å². The molecule has 3 aromatic rings. The number of thiophene rings is 1. The van der Waals surface area contributed by atoms with E-state index in [4.69, 9.17) is 9.47 Å². The molecule has 6 nitrogen and oxygen atoms in total. The van der Waals surface area contributed by atoms with Crippen molar-refractivity contribution in [2.24, 2.45) is 0 Å². The molecular formula is C24H24N2O4S. The van der Waals surface area contributed by atoms with Gasteiger partial charge in [0.2, 0.25) is 5.91 Å². The minimum Gasteiger partial charge on any atom is -0.493 e. The monoisotopic (exact) mass is 436 g/mol. The minimum atomic E-state index is -0.203. The summed E-state index contributed by atoms with van der Waals surface area (Å²) >= 11 is 1.63. The lowest BCUT2D eigenvalue weighted by molar-refractivity contribution is -0.114. The van der Waals surface area contributed by atoms with Gasteiger partial charge >= 0.3 is 0 Å². The smallest absolute Gasteiger partial charge is 0.254 e. The van der Waals surface area contributed by atoms with Crippen molar-refractivity contribution < 1.29 is 19.1 Å². The molecule has 2 aromatic carbocycles. The molecule has 0 bridgehead atoms. The number of nitrogens with one attached hydrogen (secondary N) is 1. The van der Waals surface area contributed by atoms with Gasteiger partial charge in [-0.25, -0.2) is 0 Å². The van der Waals surface area contributed by atoms with E-state index in [-0.39, 0.29) is 17.9 Å².